The Morgan fingerprint density at radius 3 is 2.19 bits per heavy atom. The third kappa shape index (κ3) is 1.86. The highest BCUT2D eigenvalue weighted by molar-refractivity contribution is 5.69. The molecular weight excluding hydrogens is 205 g/mol. The van der Waals surface area contributed by atoms with Gasteiger partial charge in [-0.15, -0.1) is 0 Å². The van der Waals surface area contributed by atoms with Crippen LogP contribution in [0.3, 0.4) is 0 Å². The number of hydrogen-bond acceptors (Lipinski definition) is 3. The zero-order valence-corrected chi connectivity index (χ0v) is 9.16. The predicted molar refractivity (Wildman–Crippen MR) is 61.3 cm³/mol. The van der Waals surface area contributed by atoms with E-state index in [1.807, 2.05) is 13.8 Å². The van der Waals surface area contributed by atoms with Crippen molar-refractivity contribution >= 4 is 5.82 Å². The molecule has 16 heavy (non-hydrogen) atoms. The van der Waals surface area contributed by atoms with Gasteiger partial charge in [0, 0.05) is 5.56 Å². The molecule has 2 N–H and O–H groups in total. The van der Waals surface area contributed by atoms with Crippen molar-refractivity contribution in [1.29, 1.82) is 0 Å². The summed E-state index contributed by atoms with van der Waals surface area (Å²) in [5.41, 5.74) is 8.80. The standard InChI is InChI=1S/C12H12FN3/c1-7-8(2)16-12(14)11(15-7)9-3-5-10(13)6-4-9/h3-6H,1-2H3,(H2,14,16). The van der Waals surface area contributed by atoms with Crippen LogP contribution in [-0.4, -0.2) is 9.97 Å². The molecule has 0 amide bonds. The number of nitrogen functional groups attached to an aromatic ring is 1. The average Bonchev–Trinajstić information content (AvgIpc) is 2.25. The Morgan fingerprint density at radius 1 is 1.00 bits per heavy atom. The molecule has 0 aliphatic carbocycles. The van der Waals surface area contributed by atoms with Gasteiger partial charge >= 0.3 is 0 Å². The molecule has 2 aromatic rings. The number of benzene rings is 1. The highest BCUT2D eigenvalue weighted by Gasteiger charge is 2.08. The van der Waals surface area contributed by atoms with E-state index >= 15 is 0 Å². The third-order valence-electron chi connectivity index (χ3n) is 2.45. The van der Waals surface area contributed by atoms with Crippen molar-refractivity contribution in [2.45, 2.75) is 13.8 Å². The average molecular weight is 217 g/mol. The first kappa shape index (κ1) is 10.5. The van der Waals surface area contributed by atoms with Crippen LogP contribution >= 0.6 is 0 Å². The number of anilines is 1. The molecule has 0 fully saturated rings. The molecule has 1 aromatic heterocycles. The molecular formula is C12H12FN3. The van der Waals surface area contributed by atoms with Crippen LogP contribution in [0.1, 0.15) is 11.4 Å². The van der Waals surface area contributed by atoms with E-state index < -0.39 is 0 Å². The Hall–Kier alpha value is -1.97. The lowest BCUT2D eigenvalue weighted by atomic mass is 10.1. The first-order valence-corrected chi connectivity index (χ1v) is 4.94. The first-order valence-electron chi connectivity index (χ1n) is 4.94. The number of aromatic nitrogens is 2. The fourth-order valence-corrected chi connectivity index (χ4v) is 1.44. The zero-order chi connectivity index (χ0) is 11.7. The molecule has 0 saturated heterocycles. The molecule has 0 bridgehead atoms. The Morgan fingerprint density at radius 2 is 1.56 bits per heavy atom. The largest absolute Gasteiger partial charge is 0.382 e. The summed E-state index contributed by atoms with van der Waals surface area (Å²) in [5.74, 6) is 0.0915. The fraction of sp³-hybridized carbons (Fsp3) is 0.167. The molecule has 0 unspecified atom stereocenters. The summed E-state index contributed by atoms with van der Waals surface area (Å²) in [7, 11) is 0. The second-order valence-electron chi connectivity index (χ2n) is 3.64. The minimum absolute atomic E-state index is 0.279. The number of halogens is 1. The predicted octanol–water partition coefficient (Wildman–Crippen LogP) is 2.48. The molecule has 0 atom stereocenters. The molecule has 0 spiro atoms. The summed E-state index contributed by atoms with van der Waals surface area (Å²) < 4.78 is 12.8. The Balaban J connectivity index is 2.56. The third-order valence-corrected chi connectivity index (χ3v) is 2.45. The molecule has 0 radical (unpaired) electrons. The SMILES string of the molecule is Cc1nc(N)c(-c2ccc(F)cc2)nc1C. The van der Waals surface area contributed by atoms with Gasteiger partial charge in [-0.05, 0) is 38.1 Å². The molecule has 82 valence electrons. The van der Waals surface area contributed by atoms with Crippen LogP contribution in [-0.2, 0) is 0 Å². The molecule has 0 saturated carbocycles. The van der Waals surface area contributed by atoms with Crippen LogP contribution in [0.5, 0.6) is 0 Å². The van der Waals surface area contributed by atoms with E-state index in [0.29, 0.717) is 11.5 Å². The van der Waals surface area contributed by atoms with Crippen molar-refractivity contribution < 1.29 is 4.39 Å². The molecule has 0 aliphatic heterocycles. The monoisotopic (exact) mass is 217 g/mol. The van der Waals surface area contributed by atoms with Crippen LogP contribution in [0.2, 0.25) is 0 Å². The van der Waals surface area contributed by atoms with Crippen LogP contribution in [0, 0.1) is 19.7 Å². The van der Waals surface area contributed by atoms with Gasteiger partial charge in [0.05, 0.1) is 11.4 Å². The topological polar surface area (TPSA) is 51.8 Å². The van der Waals surface area contributed by atoms with E-state index in [4.69, 9.17) is 5.73 Å². The molecule has 2 rings (SSSR count). The van der Waals surface area contributed by atoms with E-state index in [0.717, 1.165) is 17.0 Å². The molecule has 0 aliphatic rings. The molecule has 3 nitrogen and oxygen atoms in total. The normalized spacial score (nSPS) is 10.4. The van der Waals surface area contributed by atoms with E-state index in [9.17, 15) is 4.39 Å². The first-order chi connectivity index (χ1) is 7.58. The maximum Gasteiger partial charge on any atom is 0.150 e. The zero-order valence-electron chi connectivity index (χ0n) is 9.16. The van der Waals surface area contributed by atoms with Gasteiger partial charge in [-0.2, -0.15) is 0 Å². The summed E-state index contributed by atoms with van der Waals surface area (Å²) in [5, 5.41) is 0. The second kappa shape index (κ2) is 3.89. The summed E-state index contributed by atoms with van der Waals surface area (Å²) in [6.07, 6.45) is 0. The van der Waals surface area contributed by atoms with Crippen LogP contribution in [0.25, 0.3) is 11.3 Å². The van der Waals surface area contributed by atoms with Crippen molar-refractivity contribution in [3.63, 3.8) is 0 Å². The highest BCUT2D eigenvalue weighted by Crippen LogP contribution is 2.23. The van der Waals surface area contributed by atoms with Gasteiger partial charge in [-0.3, -0.25) is 0 Å². The Labute approximate surface area is 93.2 Å². The Kier molecular flexibility index (Phi) is 2.56. The summed E-state index contributed by atoms with van der Waals surface area (Å²) in [6, 6.07) is 6.05. The fourth-order valence-electron chi connectivity index (χ4n) is 1.44. The van der Waals surface area contributed by atoms with Gasteiger partial charge in [0.1, 0.15) is 17.3 Å². The smallest absolute Gasteiger partial charge is 0.150 e. The van der Waals surface area contributed by atoms with E-state index in [1.54, 1.807) is 12.1 Å². The minimum Gasteiger partial charge on any atom is -0.382 e. The molecule has 1 aromatic carbocycles. The lowest BCUT2D eigenvalue weighted by molar-refractivity contribution is 0.628. The van der Waals surface area contributed by atoms with Gasteiger partial charge in [0.2, 0.25) is 0 Å². The summed E-state index contributed by atoms with van der Waals surface area (Å²) in [4.78, 5) is 8.56. The van der Waals surface area contributed by atoms with Crippen molar-refractivity contribution in [1.82, 2.24) is 9.97 Å². The Bertz CT molecular complexity index is 521. The summed E-state index contributed by atoms with van der Waals surface area (Å²) in [6.45, 7) is 3.72. The van der Waals surface area contributed by atoms with Gasteiger partial charge < -0.3 is 5.73 Å². The van der Waals surface area contributed by atoms with Crippen molar-refractivity contribution in [3.8, 4) is 11.3 Å². The van der Waals surface area contributed by atoms with Gasteiger partial charge in [-0.25, -0.2) is 14.4 Å². The van der Waals surface area contributed by atoms with Crippen molar-refractivity contribution in [2.24, 2.45) is 0 Å². The lowest BCUT2D eigenvalue weighted by Gasteiger charge is -2.07. The van der Waals surface area contributed by atoms with Gasteiger partial charge in [0.25, 0.3) is 0 Å². The van der Waals surface area contributed by atoms with Gasteiger partial charge in [-0.1, -0.05) is 0 Å². The van der Waals surface area contributed by atoms with Crippen LogP contribution in [0.4, 0.5) is 10.2 Å². The van der Waals surface area contributed by atoms with E-state index in [-0.39, 0.29) is 5.82 Å². The van der Waals surface area contributed by atoms with Gasteiger partial charge in [0.15, 0.2) is 0 Å². The highest BCUT2D eigenvalue weighted by atomic mass is 19.1. The number of rotatable bonds is 1. The number of nitrogens with zero attached hydrogens (tertiary/aromatic N) is 2. The molecule has 1 heterocycles. The summed E-state index contributed by atoms with van der Waals surface area (Å²) >= 11 is 0. The van der Waals surface area contributed by atoms with Crippen molar-refractivity contribution in [3.05, 3.63) is 41.5 Å². The molecule has 4 heteroatoms. The maximum atomic E-state index is 12.8. The minimum atomic E-state index is -0.279. The van der Waals surface area contributed by atoms with Crippen LogP contribution < -0.4 is 5.73 Å². The van der Waals surface area contributed by atoms with Crippen molar-refractivity contribution in [2.75, 3.05) is 5.73 Å². The maximum absolute atomic E-state index is 12.8. The van der Waals surface area contributed by atoms with E-state index in [2.05, 4.69) is 9.97 Å². The second-order valence-corrected chi connectivity index (χ2v) is 3.64. The lowest BCUT2D eigenvalue weighted by Crippen LogP contribution is -2.02. The number of hydrogen-bond donors (Lipinski definition) is 1. The number of nitrogens with two attached hydrogens (primary N) is 1. The van der Waals surface area contributed by atoms with E-state index in [1.165, 1.54) is 12.1 Å². The number of aryl methyl sites for hydroxylation is 2. The van der Waals surface area contributed by atoms with Crippen LogP contribution in [0.15, 0.2) is 24.3 Å². The quantitative estimate of drug-likeness (QED) is 0.798.